The van der Waals surface area contributed by atoms with Crippen molar-refractivity contribution >= 4 is 5.91 Å². The minimum Gasteiger partial charge on any atom is -0.348 e. The molecular formula is C15H13N3O. The molecule has 4 heteroatoms. The Bertz CT molecular complexity index is 627. The maximum absolute atomic E-state index is 11.9. The molecule has 4 nitrogen and oxygen atoms in total. The highest BCUT2D eigenvalue weighted by atomic mass is 16.1. The van der Waals surface area contributed by atoms with E-state index in [0.29, 0.717) is 17.7 Å². The van der Waals surface area contributed by atoms with Gasteiger partial charge in [-0.05, 0) is 36.8 Å². The van der Waals surface area contributed by atoms with Crippen molar-refractivity contribution in [3.63, 3.8) is 0 Å². The van der Waals surface area contributed by atoms with Crippen LogP contribution in [0.5, 0.6) is 0 Å². The molecule has 1 heterocycles. The second-order valence-corrected chi connectivity index (χ2v) is 4.18. The fourth-order valence-electron chi connectivity index (χ4n) is 1.67. The first-order chi connectivity index (χ1) is 9.19. The van der Waals surface area contributed by atoms with Gasteiger partial charge in [0.2, 0.25) is 0 Å². The average Bonchev–Trinajstić information content (AvgIpc) is 2.45. The summed E-state index contributed by atoms with van der Waals surface area (Å²) in [5, 5.41) is 11.5. The molecule has 0 fully saturated rings. The lowest BCUT2D eigenvalue weighted by Gasteiger charge is -2.05. The van der Waals surface area contributed by atoms with Crippen LogP contribution in [-0.4, -0.2) is 10.9 Å². The molecule has 94 valence electrons. The number of hydrogen-bond donors (Lipinski definition) is 1. The third-order valence-corrected chi connectivity index (χ3v) is 2.69. The summed E-state index contributed by atoms with van der Waals surface area (Å²) in [7, 11) is 0. The molecule has 1 aromatic carbocycles. The highest BCUT2D eigenvalue weighted by molar-refractivity contribution is 5.94. The first-order valence-corrected chi connectivity index (χ1v) is 5.89. The van der Waals surface area contributed by atoms with Gasteiger partial charge in [-0.15, -0.1) is 0 Å². The number of carbonyl (C=O) groups is 1. The normalized spacial score (nSPS) is 9.68. The number of nitrogens with zero attached hydrogens (tertiary/aromatic N) is 2. The highest BCUT2D eigenvalue weighted by Crippen LogP contribution is 2.04. The zero-order chi connectivity index (χ0) is 13.7. The molecular weight excluding hydrogens is 238 g/mol. The summed E-state index contributed by atoms with van der Waals surface area (Å²) in [4.78, 5) is 16.0. The van der Waals surface area contributed by atoms with Crippen molar-refractivity contribution in [1.29, 1.82) is 5.26 Å². The number of carbonyl (C=O) groups excluding carboxylic acids is 1. The van der Waals surface area contributed by atoms with E-state index in [1.54, 1.807) is 30.5 Å². The zero-order valence-corrected chi connectivity index (χ0v) is 10.6. The lowest BCUT2D eigenvalue weighted by Crippen LogP contribution is -2.22. The molecule has 19 heavy (non-hydrogen) atoms. The number of aromatic nitrogens is 1. The van der Waals surface area contributed by atoms with Gasteiger partial charge in [0.1, 0.15) is 0 Å². The van der Waals surface area contributed by atoms with Crippen LogP contribution in [0.4, 0.5) is 0 Å². The maximum Gasteiger partial charge on any atom is 0.251 e. The largest absolute Gasteiger partial charge is 0.348 e. The average molecular weight is 251 g/mol. The van der Waals surface area contributed by atoms with Gasteiger partial charge in [0.15, 0.2) is 0 Å². The summed E-state index contributed by atoms with van der Waals surface area (Å²) in [6.45, 7) is 2.28. The van der Waals surface area contributed by atoms with Gasteiger partial charge in [0, 0.05) is 24.0 Å². The Balaban J connectivity index is 1.98. The van der Waals surface area contributed by atoms with E-state index in [1.807, 2.05) is 19.1 Å². The van der Waals surface area contributed by atoms with E-state index < -0.39 is 0 Å². The number of rotatable bonds is 3. The predicted octanol–water partition coefficient (Wildman–Crippen LogP) is 2.19. The SMILES string of the molecule is Cc1cc(C(=O)NCc2ccc(C#N)cc2)ccn1. The second kappa shape index (κ2) is 5.78. The Morgan fingerprint density at radius 3 is 2.68 bits per heavy atom. The van der Waals surface area contributed by atoms with Crippen LogP contribution in [0.3, 0.4) is 0 Å². The summed E-state index contributed by atoms with van der Waals surface area (Å²) in [5.74, 6) is -0.130. The van der Waals surface area contributed by atoms with Crippen LogP contribution in [0.1, 0.15) is 27.2 Å². The molecule has 2 rings (SSSR count). The molecule has 0 saturated heterocycles. The molecule has 0 radical (unpaired) electrons. The van der Waals surface area contributed by atoms with Gasteiger partial charge in [0.05, 0.1) is 11.6 Å². The Kier molecular flexibility index (Phi) is 3.89. The lowest BCUT2D eigenvalue weighted by atomic mass is 10.1. The first kappa shape index (κ1) is 12.8. The third kappa shape index (κ3) is 3.39. The fraction of sp³-hybridized carbons (Fsp3) is 0.133. The van der Waals surface area contributed by atoms with Crippen LogP contribution in [0, 0.1) is 18.3 Å². The molecule has 1 amide bonds. The molecule has 2 aromatic rings. The van der Waals surface area contributed by atoms with E-state index in [0.717, 1.165) is 11.3 Å². The summed E-state index contributed by atoms with van der Waals surface area (Å²) >= 11 is 0. The predicted molar refractivity (Wildman–Crippen MR) is 71.3 cm³/mol. The van der Waals surface area contributed by atoms with Crippen molar-refractivity contribution in [2.24, 2.45) is 0 Å². The number of nitriles is 1. The molecule has 0 aliphatic heterocycles. The molecule has 1 aromatic heterocycles. The quantitative estimate of drug-likeness (QED) is 0.909. The molecule has 0 atom stereocenters. The number of nitrogens with one attached hydrogen (secondary N) is 1. The number of aryl methyl sites for hydroxylation is 1. The molecule has 1 N–H and O–H groups in total. The zero-order valence-electron chi connectivity index (χ0n) is 10.6. The van der Waals surface area contributed by atoms with E-state index in [-0.39, 0.29) is 5.91 Å². The van der Waals surface area contributed by atoms with Crippen LogP contribution in [0.2, 0.25) is 0 Å². The van der Waals surface area contributed by atoms with Crippen LogP contribution in [-0.2, 0) is 6.54 Å². The van der Waals surface area contributed by atoms with Gasteiger partial charge in [0.25, 0.3) is 5.91 Å². The second-order valence-electron chi connectivity index (χ2n) is 4.18. The third-order valence-electron chi connectivity index (χ3n) is 2.69. The number of hydrogen-bond acceptors (Lipinski definition) is 3. The van der Waals surface area contributed by atoms with Crippen LogP contribution in [0.15, 0.2) is 42.6 Å². The van der Waals surface area contributed by atoms with E-state index in [2.05, 4.69) is 16.4 Å². The number of benzene rings is 1. The topological polar surface area (TPSA) is 65.8 Å². The molecule has 0 bridgehead atoms. The molecule has 0 aliphatic carbocycles. The molecule has 0 spiro atoms. The summed E-state index contributed by atoms with van der Waals surface area (Å²) in [6, 6.07) is 12.6. The van der Waals surface area contributed by atoms with Crippen molar-refractivity contribution in [2.75, 3.05) is 0 Å². The Hall–Kier alpha value is -2.67. The molecule has 0 unspecified atom stereocenters. The van der Waals surface area contributed by atoms with Crippen LogP contribution < -0.4 is 5.32 Å². The summed E-state index contributed by atoms with van der Waals surface area (Å²) in [6.07, 6.45) is 1.62. The molecule has 0 saturated carbocycles. The Morgan fingerprint density at radius 1 is 1.32 bits per heavy atom. The van der Waals surface area contributed by atoms with Crippen LogP contribution in [0.25, 0.3) is 0 Å². The van der Waals surface area contributed by atoms with Crippen molar-refractivity contribution < 1.29 is 4.79 Å². The molecule has 0 aliphatic rings. The first-order valence-electron chi connectivity index (χ1n) is 5.89. The van der Waals surface area contributed by atoms with E-state index in [4.69, 9.17) is 5.26 Å². The number of pyridine rings is 1. The minimum atomic E-state index is -0.130. The van der Waals surface area contributed by atoms with Gasteiger partial charge >= 0.3 is 0 Å². The van der Waals surface area contributed by atoms with Crippen molar-refractivity contribution in [1.82, 2.24) is 10.3 Å². The Morgan fingerprint density at radius 2 is 2.05 bits per heavy atom. The van der Waals surface area contributed by atoms with Gasteiger partial charge in [-0.3, -0.25) is 9.78 Å². The lowest BCUT2D eigenvalue weighted by molar-refractivity contribution is 0.0950. The van der Waals surface area contributed by atoms with Crippen molar-refractivity contribution in [3.8, 4) is 6.07 Å². The van der Waals surface area contributed by atoms with Gasteiger partial charge in [-0.2, -0.15) is 5.26 Å². The smallest absolute Gasteiger partial charge is 0.251 e. The van der Waals surface area contributed by atoms with Crippen molar-refractivity contribution in [2.45, 2.75) is 13.5 Å². The Labute approximate surface area is 111 Å². The fourth-order valence-corrected chi connectivity index (χ4v) is 1.67. The van der Waals surface area contributed by atoms with Crippen LogP contribution >= 0.6 is 0 Å². The standard InChI is InChI=1S/C15H13N3O/c1-11-8-14(6-7-17-11)15(19)18-10-13-4-2-12(9-16)3-5-13/h2-8H,10H2,1H3,(H,18,19). The maximum atomic E-state index is 11.9. The van der Waals surface area contributed by atoms with E-state index >= 15 is 0 Å². The monoisotopic (exact) mass is 251 g/mol. The van der Waals surface area contributed by atoms with Gasteiger partial charge in [-0.1, -0.05) is 12.1 Å². The summed E-state index contributed by atoms with van der Waals surface area (Å²) < 4.78 is 0. The minimum absolute atomic E-state index is 0.130. The van der Waals surface area contributed by atoms with E-state index in [1.165, 1.54) is 0 Å². The summed E-state index contributed by atoms with van der Waals surface area (Å²) in [5.41, 5.74) is 2.98. The van der Waals surface area contributed by atoms with Gasteiger partial charge in [-0.25, -0.2) is 0 Å². The van der Waals surface area contributed by atoms with Gasteiger partial charge < -0.3 is 5.32 Å². The number of amides is 1. The highest BCUT2D eigenvalue weighted by Gasteiger charge is 2.05. The van der Waals surface area contributed by atoms with E-state index in [9.17, 15) is 4.79 Å². The van der Waals surface area contributed by atoms with Crippen molar-refractivity contribution in [3.05, 3.63) is 65.0 Å².